The number of hydrogen-bond acceptors (Lipinski definition) is 5. The van der Waals surface area contributed by atoms with Crippen molar-refractivity contribution in [2.45, 2.75) is 25.4 Å². The number of carbonyl (C=O) groups excluding carboxylic acids is 1. The SMILES string of the molecule is COC(=O)CCCCON=C(c1cccnc1)c1cccc(C(F)(F)F)c1. The van der Waals surface area contributed by atoms with Gasteiger partial charge < -0.3 is 9.57 Å². The minimum absolute atomic E-state index is 0.222. The molecule has 0 amide bonds. The lowest BCUT2D eigenvalue weighted by Crippen LogP contribution is -2.10. The van der Waals surface area contributed by atoms with Crippen LogP contribution in [0.2, 0.25) is 0 Å². The van der Waals surface area contributed by atoms with E-state index in [4.69, 9.17) is 4.84 Å². The highest BCUT2D eigenvalue weighted by Crippen LogP contribution is 2.30. The molecule has 0 spiro atoms. The van der Waals surface area contributed by atoms with Gasteiger partial charge in [0.2, 0.25) is 0 Å². The van der Waals surface area contributed by atoms with Crippen molar-refractivity contribution in [3.05, 3.63) is 65.5 Å². The van der Waals surface area contributed by atoms with E-state index in [0.717, 1.165) is 12.1 Å². The molecule has 0 aliphatic rings. The Bertz CT molecular complexity index is 777. The number of unbranched alkanes of at least 4 members (excludes halogenated alkanes) is 1. The van der Waals surface area contributed by atoms with Gasteiger partial charge in [0.15, 0.2) is 0 Å². The number of esters is 1. The van der Waals surface area contributed by atoms with Gasteiger partial charge in [0.1, 0.15) is 12.3 Å². The summed E-state index contributed by atoms with van der Waals surface area (Å²) in [5.74, 6) is -0.307. The van der Waals surface area contributed by atoms with E-state index in [-0.39, 0.29) is 30.3 Å². The maximum Gasteiger partial charge on any atom is 0.416 e. The van der Waals surface area contributed by atoms with E-state index in [0.29, 0.717) is 18.4 Å². The number of carbonyl (C=O) groups is 1. The Hall–Kier alpha value is -2.90. The zero-order valence-corrected chi connectivity index (χ0v) is 14.7. The number of pyridine rings is 1. The molecule has 0 unspecified atom stereocenters. The molecule has 0 saturated carbocycles. The summed E-state index contributed by atoms with van der Waals surface area (Å²) in [7, 11) is 1.32. The molecule has 2 rings (SSSR count). The number of benzene rings is 1. The average Bonchev–Trinajstić information content (AvgIpc) is 2.67. The summed E-state index contributed by atoms with van der Waals surface area (Å²) < 4.78 is 43.5. The van der Waals surface area contributed by atoms with Crippen molar-refractivity contribution in [2.24, 2.45) is 5.16 Å². The molecule has 5 nitrogen and oxygen atoms in total. The molecule has 1 aromatic heterocycles. The van der Waals surface area contributed by atoms with Gasteiger partial charge in [-0.2, -0.15) is 13.2 Å². The molecule has 144 valence electrons. The summed E-state index contributed by atoms with van der Waals surface area (Å²) in [4.78, 5) is 20.3. The second-order valence-corrected chi connectivity index (χ2v) is 5.63. The smallest absolute Gasteiger partial charge is 0.416 e. The first-order valence-electron chi connectivity index (χ1n) is 8.26. The number of rotatable bonds is 8. The Morgan fingerprint density at radius 3 is 2.59 bits per heavy atom. The molecule has 0 aliphatic carbocycles. The molecule has 1 aromatic carbocycles. The van der Waals surface area contributed by atoms with Crippen LogP contribution < -0.4 is 0 Å². The maximum atomic E-state index is 13.0. The average molecular weight is 380 g/mol. The van der Waals surface area contributed by atoms with Crippen LogP contribution in [0.25, 0.3) is 0 Å². The van der Waals surface area contributed by atoms with Crippen LogP contribution >= 0.6 is 0 Å². The van der Waals surface area contributed by atoms with Gasteiger partial charge >= 0.3 is 12.1 Å². The second kappa shape index (κ2) is 9.70. The van der Waals surface area contributed by atoms with E-state index in [2.05, 4.69) is 14.9 Å². The topological polar surface area (TPSA) is 60.8 Å². The largest absolute Gasteiger partial charge is 0.469 e. The fraction of sp³-hybridized carbons (Fsp3) is 0.316. The van der Waals surface area contributed by atoms with Crippen molar-refractivity contribution < 1.29 is 27.5 Å². The maximum absolute atomic E-state index is 13.0. The van der Waals surface area contributed by atoms with Crippen LogP contribution in [0.5, 0.6) is 0 Å². The summed E-state index contributed by atoms with van der Waals surface area (Å²) in [6.07, 6.45) is -0.00636. The number of aromatic nitrogens is 1. The molecule has 0 bridgehead atoms. The Morgan fingerprint density at radius 2 is 1.93 bits per heavy atom. The minimum Gasteiger partial charge on any atom is -0.469 e. The zero-order chi connectivity index (χ0) is 19.7. The number of alkyl halides is 3. The first-order chi connectivity index (χ1) is 12.9. The summed E-state index contributed by atoms with van der Waals surface area (Å²) in [6, 6.07) is 8.22. The van der Waals surface area contributed by atoms with Crippen LogP contribution in [0.15, 0.2) is 53.9 Å². The normalized spacial score (nSPS) is 11.9. The molecule has 2 aromatic rings. The highest BCUT2D eigenvalue weighted by atomic mass is 19.4. The van der Waals surface area contributed by atoms with Crippen molar-refractivity contribution >= 4 is 11.7 Å². The van der Waals surface area contributed by atoms with Crippen LogP contribution in [0, 0.1) is 0 Å². The van der Waals surface area contributed by atoms with E-state index < -0.39 is 11.7 Å². The van der Waals surface area contributed by atoms with E-state index in [1.807, 2.05) is 0 Å². The van der Waals surface area contributed by atoms with Gasteiger partial charge in [-0.1, -0.05) is 17.3 Å². The first kappa shape index (κ1) is 20.4. The monoisotopic (exact) mass is 380 g/mol. The predicted molar refractivity (Wildman–Crippen MR) is 93.1 cm³/mol. The Labute approximate surface area is 154 Å². The van der Waals surface area contributed by atoms with Gasteiger partial charge in [0.05, 0.1) is 12.7 Å². The standard InChI is InChI=1S/C19H19F3N2O3/c1-26-17(25)9-2-3-11-27-24-18(15-7-5-10-23-13-15)14-6-4-8-16(12-14)19(20,21)22/h4-8,10,12-13H,2-3,9,11H2,1H3. The number of oxime groups is 1. The molecule has 0 atom stereocenters. The van der Waals surface area contributed by atoms with Crippen LogP contribution in [0.3, 0.4) is 0 Å². The third kappa shape index (κ3) is 6.40. The minimum atomic E-state index is -4.45. The molecule has 0 radical (unpaired) electrons. The molecular weight excluding hydrogens is 361 g/mol. The third-order valence-corrected chi connectivity index (χ3v) is 3.65. The molecule has 0 N–H and O–H groups in total. The van der Waals surface area contributed by atoms with Gasteiger partial charge in [-0.05, 0) is 37.1 Å². The van der Waals surface area contributed by atoms with E-state index in [1.165, 1.54) is 25.4 Å². The van der Waals surface area contributed by atoms with Gasteiger partial charge in [-0.3, -0.25) is 9.78 Å². The van der Waals surface area contributed by atoms with Crippen LogP contribution in [-0.4, -0.2) is 30.4 Å². The van der Waals surface area contributed by atoms with E-state index >= 15 is 0 Å². The third-order valence-electron chi connectivity index (χ3n) is 3.65. The summed E-state index contributed by atoms with van der Waals surface area (Å²) >= 11 is 0. The summed E-state index contributed by atoms with van der Waals surface area (Å²) in [6.45, 7) is 0.222. The van der Waals surface area contributed by atoms with Crippen molar-refractivity contribution in [3.63, 3.8) is 0 Å². The molecule has 8 heteroatoms. The number of methoxy groups -OCH3 is 1. The highest BCUT2D eigenvalue weighted by molar-refractivity contribution is 6.12. The molecule has 0 fully saturated rings. The Balaban J connectivity index is 2.15. The van der Waals surface area contributed by atoms with Crippen molar-refractivity contribution in [1.82, 2.24) is 4.98 Å². The van der Waals surface area contributed by atoms with E-state index in [9.17, 15) is 18.0 Å². The first-order valence-corrected chi connectivity index (χ1v) is 8.26. The highest BCUT2D eigenvalue weighted by Gasteiger charge is 2.30. The van der Waals surface area contributed by atoms with Crippen molar-refractivity contribution in [3.8, 4) is 0 Å². The second-order valence-electron chi connectivity index (χ2n) is 5.63. The van der Waals surface area contributed by atoms with Crippen LogP contribution in [-0.2, 0) is 20.5 Å². The lowest BCUT2D eigenvalue weighted by atomic mass is 10.0. The number of halogens is 3. The fourth-order valence-electron chi connectivity index (χ4n) is 2.27. The van der Waals surface area contributed by atoms with Gasteiger partial charge in [0, 0.05) is 29.9 Å². The van der Waals surface area contributed by atoms with Gasteiger partial charge in [-0.15, -0.1) is 0 Å². The number of ether oxygens (including phenoxy) is 1. The van der Waals surface area contributed by atoms with E-state index in [1.54, 1.807) is 18.3 Å². The summed E-state index contributed by atoms with van der Waals surface area (Å²) in [5.41, 5.74) is 0.288. The quantitative estimate of drug-likeness (QED) is 0.298. The lowest BCUT2D eigenvalue weighted by Gasteiger charge is -2.11. The molecule has 0 saturated heterocycles. The molecule has 0 aliphatic heterocycles. The number of nitrogens with zero attached hydrogens (tertiary/aromatic N) is 2. The van der Waals surface area contributed by atoms with Crippen molar-refractivity contribution in [2.75, 3.05) is 13.7 Å². The van der Waals surface area contributed by atoms with Crippen molar-refractivity contribution in [1.29, 1.82) is 0 Å². The zero-order valence-electron chi connectivity index (χ0n) is 14.7. The predicted octanol–water partition coefficient (Wildman–Crippen LogP) is 4.21. The Morgan fingerprint density at radius 1 is 1.15 bits per heavy atom. The van der Waals surface area contributed by atoms with Crippen LogP contribution in [0.1, 0.15) is 36.0 Å². The Kier molecular flexibility index (Phi) is 7.34. The lowest BCUT2D eigenvalue weighted by molar-refractivity contribution is -0.141. The summed E-state index contributed by atoms with van der Waals surface area (Å²) in [5, 5.41) is 4.02. The fourth-order valence-corrected chi connectivity index (χ4v) is 2.27. The van der Waals surface area contributed by atoms with Gasteiger partial charge in [0.25, 0.3) is 0 Å². The van der Waals surface area contributed by atoms with Gasteiger partial charge in [-0.25, -0.2) is 0 Å². The molecule has 1 heterocycles. The van der Waals surface area contributed by atoms with Crippen LogP contribution in [0.4, 0.5) is 13.2 Å². The molecule has 27 heavy (non-hydrogen) atoms. The number of hydrogen-bond donors (Lipinski definition) is 0. The molecular formula is C19H19F3N2O3.